The van der Waals surface area contributed by atoms with Crippen molar-refractivity contribution in [1.82, 2.24) is 4.98 Å². The zero-order chi connectivity index (χ0) is 5.21. The summed E-state index contributed by atoms with van der Waals surface area (Å²) in [6, 6.07) is 0. The molecule has 0 aliphatic heterocycles. The van der Waals surface area contributed by atoms with Gasteiger partial charge in [-0.1, -0.05) is 13.1 Å². The van der Waals surface area contributed by atoms with Gasteiger partial charge in [0.25, 0.3) is 0 Å². The minimum absolute atomic E-state index is 1.38. The van der Waals surface area contributed by atoms with E-state index in [0.29, 0.717) is 0 Å². The molecule has 0 aliphatic rings. The van der Waals surface area contributed by atoms with Crippen molar-refractivity contribution in [3.63, 3.8) is 0 Å². The number of hydrogen-bond donors (Lipinski definition) is 1. The molecule has 0 heterocycles. The lowest BCUT2D eigenvalue weighted by molar-refractivity contribution is 1.18. The van der Waals surface area contributed by atoms with Crippen molar-refractivity contribution in [2.45, 2.75) is 13.1 Å². The second-order valence-electron chi connectivity index (χ2n) is 1.97. The molecule has 0 bridgehead atoms. The zero-order valence-electron chi connectivity index (χ0n) is 4.58. The summed E-state index contributed by atoms with van der Waals surface area (Å²) < 4.78 is 0. The van der Waals surface area contributed by atoms with Crippen LogP contribution in [0.3, 0.4) is 0 Å². The Balaban J connectivity index is 3.17. The van der Waals surface area contributed by atoms with Crippen molar-refractivity contribution in [3.8, 4) is 0 Å². The van der Waals surface area contributed by atoms with Crippen LogP contribution in [0.4, 0.5) is 0 Å². The summed E-state index contributed by atoms with van der Waals surface area (Å²) in [7, 11) is 0.514. The van der Waals surface area contributed by atoms with E-state index < -0.39 is 8.24 Å². The summed E-state index contributed by atoms with van der Waals surface area (Å²) in [5, 5.41) is 0. The van der Waals surface area contributed by atoms with E-state index in [1.807, 2.05) is 20.1 Å². The van der Waals surface area contributed by atoms with Gasteiger partial charge in [-0.2, -0.15) is 0 Å². The third-order valence-corrected chi connectivity index (χ3v) is 1.93. The fraction of sp³-hybridized carbons (Fsp3) is 0.750. The summed E-state index contributed by atoms with van der Waals surface area (Å²) in [6.45, 7) is 9.66. The molecule has 0 amide bonds. The first-order valence-corrected chi connectivity index (χ1v) is 5.12. The van der Waals surface area contributed by atoms with Crippen molar-refractivity contribution in [3.05, 3.63) is 6.55 Å². The second-order valence-corrected chi connectivity index (χ2v) is 5.92. The van der Waals surface area contributed by atoms with Gasteiger partial charge in [0.15, 0.2) is 0 Å². The molecule has 0 saturated heterocycles. The van der Waals surface area contributed by atoms with Crippen LogP contribution >= 0.6 is 0 Å². The van der Waals surface area contributed by atoms with Gasteiger partial charge < -0.3 is 4.98 Å². The molecule has 0 aromatic heterocycles. The standard InChI is InChI=1S/C4H11NSi/c1-5-6(2,3)4/h2,5H,1,3-4H3. The second kappa shape index (κ2) is 1.75. The molecule has 0 aromatic rings. The van der Waals surface area contributed by atoms with Gasteiger partial charge in [-0.3, -0.25) is 0 Å². The van der Waals surface area contributed by atoms with Gasteiger partial charge in [0, 0.05) is 0 Å². The van der Waals surface area contributed by atoms with Crippen molar-refractivity contribution >= 4 is 8.24 Å². The Morgan fingerprint density at radius 2 is 1.67 bits per heavy atom. The molecule has 2 heteroatoms. The maximum absolute atomic E-state index is 5.56. The molecule has 0 aromatic carbocycles. The first-order chi connectivity index (χ1) is 2.56. The van der Waals surface area contributed by atoms with E-state index in [1.54, 1.807) is 0 Å². The molecule has 0 fully saturated rings. The normalized spacial score (nSPS) is 12.0. The molecular weight excluding hydrogens is 90.1 g/mol. The molecule has 1 N–H and O–H groups in total. The fourth-order valence-corrected chi connectivity index (χ4v) is 0. The summed E-state index contributed by atoms with van der Waals surface area (Å²) in [5.74, 6) is 0. The van der Waals surface area contributed by atoms with Gasteiger partial charge in [-0.25, -0.2) is 0 Å². The summed E-state index contributed by atoms with van der Waals surface area (Å²) in [4.78, 5) is 3.02. The lowest BCUT2D eigenvalue weighted by Gasteiger charge is -2.11. The van der Waals surface area contributed by atoms with E-state index in [2.05, 4.69) is 4.98 Å². The van der Waals surface area contributed by atoms with E-state index in [-0.39, 0.29) is 0 Å². The molecule has 36 valence electrons. The van der Waals surface area contributed by atoms with Crippen molar-refractivity contribution in [2.75, 3.05) is 7.05 Å². The van der Waals surface area contributed by atoms with Gasteiger partial charge in [0.05, 0.1) is 0 Å². The van der Waals surface area contributed by atoms with Crippen LogP contribution in [0.5, 0.6) is 0 Å². The molecule has 0 aliphatic carbocycles. The Morgan fingerprint density at radius 3 is 1.67 bits per heavy atom. The lowest BCUT2D eigenvalue weighted by Crippen LogP contribution is -2.38. The Kier molecular flexibility index (Phi) is 1.81. The molecule has 0 saturated carbocycles. The number of hydrogen-bond acceptors (Lipinski definition) is 1. The third-order valence-electron chi connectivity index (χ3n) is 0.644. The summed E-state index contributed by atoms with van der Waals surface area (Å²) >= 11 is 0. The van der Waals surface area contributed by atoms with Crippen LogP contribution in [0.2, 0.25) is 13.1 Å². The van der Waals surface area contributed by atoms with Crippen LogP contribution in [0.15, 0.2) is 0 Å². The smallest absolute Gasteiger partial charge is 0.122 e. The van der Waals surface area contributed by atoms with Gasteiger partial charge in [-0.15, -0.1) is 0 Å². The lowest BCUT2D eigenvalue weighted by atomic mass is 11.6. The highest BCUT2D eigenvalue weighted by molar-refractivity contribution is 6.76. The van der Waals surface area contributed by atoms with E-state index in [0.717, 1.165) is 0 Å². The third kappa shape index (κ3) is 4.18. The Labute approximate surface area is 40.8 Å². The average molecular weight is 101 g/mol. The number of nitrogens with one attached hydrogen (secondary N) is 1. The Bertz CT molecular complexity index is 37.3. The average Bonchev–Trinajstić information content (AvgIpc) is 1.35. The Morgan fingerprint density at radius 1 is 1.50 bits per heavy atom. The maximum Gasteiger partial charge on any atom is 0.122 e. The van der Waals surface area contributed by atoms with Crippen molar-refractivity contribution < 1.29 is 0 Å². The molecular formula is C4H11NSi. The molecule has 6 heavy (non-hydrogen) atoms. The molecule has 1 nitrogen and oxygen atoms in total. The first kappa shape index (κ1) is 6.18. The highest BCUT2D eigenvalue weighted by Crippen LogP contribution is 1.87. The quantitative estimate of drug-likeness (QED) is 0.478. The van der Waals surface area contributed by atoms with Crippen LogP contribution < -0.4 is 4.98 Å². The zero-order valence-corrected chi connectivity index (χ0v) is 5.58. The van der Waals surface area contributed by atoms with Crippen LogP contribution in [0.25, 0.3) is 0 Å². The highest BCUT2D eigenvalue weighted by Gasteiger charge is 2.07. The topological polar surface area (TPSA) is 12.0 Å². The van der Waals surface area contributed by atoms with Gasteiger partial charge >= 0.3 is 0 Å². The minimum Gasteiger partial charge on any atom is -0.340 e. The number of rotatable bonds is 1. The van der Waals surface area contributed by atoms with Gasteiger partial charge in [-0.05, 0) is 13.6 Å². The van der Waals surface area contributed by atoms with Crippen molar-refractivity contribution in [2.24, 2.45) is 0 Å². The van der Waals surface area contributed by atoms with Gasteiger partial charge in [0.1, 0.15) is 8.24 Å². The van der Waals surface area contributed by atoms with Crippen LogP contribution in [-0.2, 0) is 0 Å². The molecule has 0 rings (SSSR count). The first-order valence-electron chi connectivity index (χ1n) is 2.04. The monoisotopic (exact) mass is 101 g/mol. The largest absolute Gasteiger partial charge is 0.340 e. The highest BCUT2D eigenvalue weighted by atomic mass is 28.3. The molecule has 0 spiro atoms. The molecule has 0 unspecified atom stereocenters. The minimum atomic E-state index is -1.38. The van der Waals surface area contributed by atoms with Crippen molar-refractivity contribution in [1.29, 1.82) is 0 Å². The van der Waals surface area contributed by atoms with E-state index in [9.17, 15) is 0 Å². The fourth-order valence-electron chi connectivity index (χ4n) is 0. The molecule has 2 radical (unpaired) electrons. The van der Waals surface area contributed by atoms with E-state index >= 15 is 0 Å². The van der Waals surface area contributed by atoms with Crippen LogP contribution in [0.1, 0.15) is 0 Å². The molecule has 0 atom stereocenters. The summed E-state index contributed by atoms with van der Waals surface area (Å²) in [5.41, 5.74) is 0. The predicted molar refractivity (Wildman–Crippen MR) is 30.8 cm³/mol. The Hall–Kier alpha value is 0.177. The van der Waals surface area contributed by atoms with Crippen LogP contribution in [-0.4, -0.2) is 15.3 Å². The van der Waals surface area contributed by atoms with Crippen LogP contribution in [0, 0.1) is 6.55 Å². The van der Waals surface area contributed by atoms with Gasteiger partial charge in [0.2, 0.25) is 0 Å². The predicted octanol–water partition coefficient (Wildman–Crippen LogP) is 0.661. The van der Waals surface area contributed by atoms with E-state index in [4.69, 9.17) is 6.55 Å². The SMILES string of the molecule is [CH][Si](C)(C)NC. The van der Waals surface area contributed by atoms with E-state index in [1.165, 1.54) is 0 Å². The maximum atomic E-state index is 5.56. The summed E-state index contributed by atoms with van der Waals surface area (Å²) in [6.07, 6.45) is 0.